The topological polar surface area (TPSA) is 84.0 Å². The zero-order valence-corrected chi connectivity index (χ0v) is 18.9. The molecule has 0 aliphatic rings. The average Bonchev–Trinajstić information content (AvgIpc) is 3.34. The van der Waals surface area contributed by atoms with Crippen molar-refractivity contribution in [3.63, 3.8) is 0 Å². The van der Waals surface area contributed by atoms with E-state index in [2.05, 4.69) is 20.6 Å². The van der Waals surface area contributed by atoms with E-state index >= 15 is 0 Å². The molecule has 0 radical (unpaired) electrons. The lowest BCUT2D eigenvalue weighted by atomic mass is 10.1. The summed E-state index contributed by atoms with van der Waals surface area (Å²) in [5.41, 5.74) is 4.94. The minimum atomic E-state index is -0.190. The summed E-state index contributed by atoms with van der Waals surface area (Å²) in [6.07, 6.45) is 0. The molecule has 0 bridgehead atoms. The van der Waals surface area contributed by atoms with Crippen LogP contribution in [0.25, 0.3) is 20.4 Å². The Balaban J connectivity index is 1.36. The summed E-state index contributed by atoms with van der Waals surface area (Å²) < 4.78 is 1.83. The molecule has 2 N–H and O–H groups in total. The van der Waals surface area contributed by atoms with Crippen molar-refractivity contribution in [3.8, 4) is 0 Å². The van der Waals surface area contributed by atoms with Crippen molar-refractivity contribution in [2.75, 3.05) is 10.6 Å². The van der Waals surface area contributed by atoms with E-state index in [1.165, 1.54) is 22.7 Å². The van der Waals surface area contributed by atoms with Gasteiger partial charge in [0.2, 0.25) is 0 Å². The Hall–Kier alpha value is -3.62. The summed E-state index contributed by atoms with van der Waals surface area (Å²) in [5, 5.41) is 6.81. The summed E-state index contributed by atoms with van der Waals surface area (Å²) in [6.45, 7) is 3.96. The van der Waals surface area contributed by atoms with Crippen molar-refractivity contribution in [2.45, 2.75) is 13.8 Å². The molecule has 5 rings (SSSR count). The van der Waals surface area contributed by atoms with Crippen LogP contribution in [-0.4, -0.2) is 21.8 Å². The van der Waals surface area contributed by atoms with E-state index in [1.54, 1.807) is 24.3 Å². The second-order valence-corrected chi connectivity index (χ2v) is 9.53. The third-order valence-corrected chi connectivity index (χ3v) is 6.83. The van der Waals surface area contributed by atoms with Crippen molar-refractivity contribution in [3.05, 3.63) is 82.9 Å². The highest BCUT2D eigenvalue weighted by Crippen LogP contribution is 2.34. The molecule has 0 spiro atoms. The summed E-state index contributed by atoms with van der Waals surface area (Å²) in [4.78, 5) is 34.0. The third-order valence-electron chi connectivity index (χ3n) is 4.97. The average molecular weight is 459 g/mol. The molecule has 0 aliphatic heterocycles. The van der Waals surface area contributed by atoms with Gasteiger partial charge in [-0.1, -0.05) is 58.1 Å². The van der Waals surface area contributed by atoms with Crippen molar-refractivity contribution >= 4 is 65.2 Å². The summed E-state index contributed by atoms with van der Waals surface area (Å²) in [6, 6.07) is 18.7. The lowest BCUT2D eigenvalue weighted by Crippen LogP contribution is -2.11. The number of nitrogens with zero attached hydrogens (tertiary/aromatic N) is 2. The number of nitrogens with one attached hydrogen (secondary N) is 2. The Morgan fingerprint density at radius 1 is 0.656 bits per heavy atom. The van der Waals surface area contributed by atoms with Crippen molar-refractivity contribution < 1.29 is 9.59 Å². The normalized spacial score (nSPS) is 11.1. The van der Waals surface area contributed by atoms with Crippen LogP contribution in [0.15, 0.2) is 60.7 Å². The summed E-state index contributed by atoms with van der Waals surface area (Å²) in [5.74, 6) is -0.379. The van der Waals surface area contributed by atoms with Gasteiger partial charge < -0.3 is 0 Å². The van der Waals surface area contributed by atoms with Crippen molar-refractivity contribution in [1.82, 2.24) is 9.97 Å². The van der Waals surface area contributed by atoms with Gasteiger partial charge in [-0.2, -0.15) is 0 Å². The lowest BCUT2D eigenvalue weighted by Gasteiger charge is -2.01. The van der Waals surface area contributed by atoms with Crippen LogP contribution in [-0.2, 0) is 0 Å². The van der Waals surface area contributed by atoms with Gasteiger partial charge in [0, 0.05) is 11.1 Å². The predicted molar refractivity (Wildman–Crippen MR) is 131 cm³/mol. The quantitative estimate of drug-likeness (QED) is 0.344. The molecule has 6 nitrogen and oxygen atoms in total. The van der Waals surface area contributed by atoms with E-state index < -0.39 is 0 Å². The van der Waals surface area contributed by atoms with Gasteiger partial charge in [-0.05, 0) is 50.2 Å². The Morgan fingerprint density at radius 3 is 1.41 bits per heavy atom. The van der Waals surface area contributed by atoms with Crippen LogP contribution in [0.1, 0.15) is 31.8 Å². The summed E-state index contributed by atoms with van der Waals surface area (Å²) >= 11 is 2.79. The molecule has 0 aliphatic carbocycles. The van der Waals surface area contributed by atoms with E-state index in [9.17, 15) is 9.59 Å². The molecular formula is C24H18N4O2S2. The molecule has 158 valence electrons. The lowest BCUT2D eigenvalue weighted by molar-refractivity contribution is 0.101. The number of benzene rings is 3. The van der Waals surface area contributed by atoms with Crippen molar-refractivity contribution in [2.24, 2.45) is 0 Å². The molecule has 0 unspecified atom stereocenters. The molecule has 2 aromatic heterocycles. The fourth-order valence-electron chi connectivity index (χ4n) is 3.20. The van der Waals surface area contributed by atoms with Crippen LogP contribution >= 0.6 is 22.7 Å². The maximum Gasteiger partial charge on any atom is 0.257 e. The molecule has 32 heavy (non-hydrogen) atoms. The largest absolute Gasteiger partial charge is 0.298 e. The number of fused-ring (bicyclic) bond motifs is 2. The van der Waals surface area contributed by atoms with Crippen LogP contribution in [0.4, 0.5) is 10.3 Å². The first-order valence-electron chi connectivity index (χ1n) is 9.92. The number of amides is 2. The van der Waals surface area contributed by atoms with Gasteiger partial charge in [-0.15, -0.1) is 0 Å². The number of carbonyl (C=O) groups is 2. The van der Waals surface area contributed by atoms with Crippen LogP contribution in [0.5, 0.6) is 0 Å². The number of carbonyl (C=O) groups excluding carboxylic acids is 2. The third kappa shape index (κ3) is 4.10. The standard InChI is InChI=1S/C24H18N4O2S2/c1-13-3-7-15(8-4-13)21(29)27-23-25-17-11-20-18(12-19(17)31-23)26-24(32-20)28-22(30)16-9-5-14(2)6-10-16/h3-12H,1-2H3,(H,25,27,29)(H,26,28,30). The number of anilines is 2. The second kappa shape index (κ2) is 8.14. The van der Waals surface area contributed by atoms with Crippen LogP contribution in [0, 0.1) is 13.8 Å². The highest BCUT2D eigenvalue weighted by molar-refractivity contribution is 7.23. The first-order valence-corrected chi connectivity index (χ1v) is 11.5. The SMILES string of the molecule is Cc1ccc(C(=O)Nc2nc3cc4sc(NC(=O)c5ccc(C)cc5)nc4cc3s2)cc1. The number of thiazole rings is 2. The Kier molecular flexibility index (Phi) is 5.16. The number of hydrogen-bond acceptors (Lipinski definition) is 6. The number of rotatable bonds is 4. The molecule has 3 aromatic carbocycles. The molecule has 0 saturated carbocycles. The predicted octanol–water partition coefficient (Wildman–Crippen LogP) is 6.03. The van der Waals surface area contributed by atoms with Gasteiger partial charge in [-0.25, -0.2) is 9.97 Å². The molecule has 0 saturated heterocycles. The molecule has 0 atom stereocenters. The Bertz CT molecular complexity index is 1310. The molecule has 0 fully saturated rings. The number of aromatic nitrogens is 2. The van der Waals surface area contributed by atoms with Gasteiger partial charge >= 0.3 is 0 Å². The Morgan fingerprint density at radius 2 is 1.03 bits per heavy atom. The zero-order chi connectivity index (χ0) is 22.2. The number of hydrogen-bond donors (Lipinski definition) is 2. The van der Waals surface area contributed by atoms with Gasteiger partial charge in [0.15, 0.2) is 10.3 Å². The highest BCUT2D eigenvalue weighted by atomic mass is 32.1. The molecule has 2 amide bonds. The maximum atomic E-state index is 12.5. The van der Waals surface area contributed by atoms with Crippen LogP contribution in [0.2, 0.25) is 0 Å². The van der Waals surface area contributed by atoms with Crippen LogP contribution < -0.4 is 10.6 Å². The van der Waals surface area contributed by atoms with Gasteiger partial charge in [0.05, 0.1) is 20.4 Å². The molecular weight excluding hydrogens is 440 g/mol. The highest BCUT2D eigenvalue weighted by Gasteiger charge is 2.14. The second-order valence-electron chi connectivity index (χ2n) is 7.47. The first-order chi connectivity index (χ1) is 15.4. The molecule has 2 heterocycles. The fraction of sp³-hybridized carbons (Fsp3) is 0.0833. The maximum absolute atomic E-state index is 12.5. The van der Waals surface area contributed by atoms with E-state index in [1.807, 2.05) is 50.2 Å². The zero-order valence-electron chi connectivity index (χ0n) is 17.3. The number of aryl methyl sites for hydroxylation is 2. The summed E-state index contributed by atoms with van der Waals surface area (Å²) in [7, 11) is 0. The first kappa shape index (κ1) is 20.3. The Labute approximate surface area is 192 Å². The van der Waals surface area contributed by atoms with Gasteiger partial charge in [0.25, 0.3) is 11.8 Å². The van der Waals surface area contributed by atoms with E-state index in [4.69, 9.17) is 0 Å². The van der Waals surface area contributed by atoms with Crippen molar-refractivity contribution in [1.29, 1.82) is 0 Å². The fourth-order valence-corrected chi connectivity index (χ4v) is 4.96. The minimum Gasteiger partial charge on any atom is -0.298 e. The monoisotopic (exact) mass is 458 g/mol. The van der Waals surface area contributed by atoms with Gasteiger partial charge in [0.1, 0.15) is 0 Å². The van der Waals surface area contributed by atoms with Gasteiger partial charge in [-0.3, -0.25) is 20.2 Å². The van der Waals surface area contributed by atoms with E-state index in [0.717, 1.165) is 31.6 Å². The van der Waals surface area contributed by atoms with E-state index in [-0.39, 0.29) is 11.8 Å². The minimum absolute atomic E-state index is 0.190. The van der Waals surface area contributed by atoms with E-state index in [0.29, 0.717) is 21.4 Å². The van der Waals surface area contributed by atoms with Crippen LogP contribution in [0.3, 0.4) is 0 Å². The smallest absolute Gasteiger partial charge is 0.257 e. The molecule has 8 heteroatoms. The molecule has 5 aromatic rings.